The van der Waals surface area contributed by atoms with E-state index in [9.17, 15) is 0 Å². The van der Waals surface area contributed by atoms with E-state index in [0.29, 0.717) is 5.82 Å². The molecule has 0 radical (unpaired) electrons. The van der Waals surface area contributed by atoms with Gasteiger partial charge >= 0.3 is 0 Å². The summed E-state index contributed by atoms with van der Waals surface area (Å²) in [5.74, 6) is 0.463. The highest BCUT2D eigenvalue weighted by atomic mass is 35.5. The Morgan fingerprint density at radius 1 is 0.568 bits per heavy atom. The summed E-state index contributed by atoms with van der Waals surface area (Å²) in [4.78, 5) is 12.5. The maximum Gasteiger partial charge on any atom is 0.227 e. The highest BCUT2D eigenvalue weighted by molar-refractivity contribution is 6.31. The Hall–Kier alpha value is -4.51. The number of halogens is 2. The standard InChI is InChI=1S/C38H24Cl2N4/c39-36-41-35(42-37(40)43-36)22-13-11-21(12-14-22)23-15-17-27-32-31(23)26-8-2-4-10-30(26)44-29-9-3-1-7-24(29)25-16-18-28(33(32)34(25)44)38(27)19-5-6-20-38/h1-4,7-18H,5-6,19-20H2. The van der Waals surface area contributed by atoms with Crippen LogP contribution in [-0.4, -0.2) is 19.5 Å². The predicted octanol–water partition coefficient (Wildman–Crippen LogP) is 10.4. The van der Waals surface area contributed by atoms with Crippen molar-refractivity contribution in [2.24, 2.45) is 0 Å². The van der Waals surface area contributed by atoms with Crippen LogP contribution in [0.25, 0.3) is 72.3 Å². The van der Waals surface area contributed by atoms with E-state index in [4.69, 9.17) is 23.2 Å². The van der Waals surface area contributed by atoms with E-state index >= 15 is 0 Å². The monoisotopic (exact) mass is 606 g/mol. The maximum absolute atomic E-state index is 6.09. The van der Waals surface area contributed by atoms with Crippen molar-refractivity contribution < 1.29 is 0 Å². The van der Waals surface area contributed by atoms with Crippen LogP contribution < -0.4 is 0 Å². The lowest BCUT2D eigenvalue weighted by Crippen LogP contribution is -2.20. The third-order valence-corrected chi connectivity index (χ3v) is 10.6. The number of rotatable bonds is 2. The van der Waals surface area contributed by atoms with Crippen LogP contribution in [0.4, 0.5) is 0 Å². The van der Waals surface area contributed by atoms with E-state index in [0.717, 1.165) is 11.1 Å². The first-order chi connectivity index (χ1) is 21.6. The highest BCUT2D eigenvalue weighted by Crippen LogP contribution is 2.63. The van der Waals surface area contributed by atoms with E-state index < -0.39 is 0 Å². The van der Waals surface area contributed by atoms with E-state index in [2.05, 4.69) is 104 Å². The van der Waals surface area contributed by atoms with Gasteiger partial charge in [-0.3, -0.25) is 0 Å². The van der Waals surface area contributed by atoms with Crippen molar-refractivity contribution in [1.29, 1.82) is 0 Å². The Balaban J connectivity index is 1.31. The molecule has 3 aliphatic rings. The topological polar surface area (TPSA) is 43.6 Å². The van der Waals surface area contributed by atoms with Gasteiger partial charge in [0.15, 0.2) is 5.82 Å². The second-order valence-electron chi connectivity index (χ2n) is 12.2. The van der Waals surface area contributed by atoms with E-state index in [1.807, 2.05) is 12.1 Å². The number of hydrogen-bond donors (Lipinski definition) is 0. The number of aromatic nitrogens is 4. The zero-order valence-corrected chi connectivity index (χ0v) is 25.1. The first kappa shape index (κ1) is 24.9. The van der Waals surface area contributed by atoms with Gasteiger partial charge in [0.2, 0.25) is 10.6 Å². The van der Waals surface area contributed by atoms with Crippen LogP contribution in [0.1, 0.15) is 36.8 Å². The molecule has 1 spiro atoms. The third-order valence-electron chi connectivity index (χ3n) is 10.2. The molecule has 2 aromatic heterocycles. The fraction of sp³-hybridized carbons (Fsp3) is 0.132. The number of hydrogen-bond acceptors (Lipinski definition) is 3. The van der Waals surface area contributed by atoms with Crippen LogP contribution in [0.2, 0.25) is 10.6 Å². The van der Waals surface area contributed by atoms with Crippen molar-refractivity contribution in [2.75, 3.05) is 0 Å². The Morgan fingerprint density at radius 3 is 2.07 bits per heavy atom. The smallest absolute Gasteiger partial charge is 0.227 e. The summed E-state index contributed by atoms with van der Waals surface area (Å²) in [5.41, 5.74) is 15.5. The van der Waals surface area contributed by atoms with Gasteiger partial charge in [-0.15, -0.1) is 0 Å². The van der Waals surface area contributed by atoms with Crippen LogP contribution >= 0.6 is 23.2 Å². The zero-order valence-electron chi connectivity index (χ0n) is 23.6. The minimum atomic E-state index is 0.0702. The summed E-state index contributed by atoms with van der Waals surface area (Å²) >= 11 is 12.2. The minimum absolute atomic E-state index is 0.0702. The molecule has 1 fully saturated rings. The maximum atomic E-state index is 6.09. The van der Waals surface area contributed by atoms with Crippen LogP contribution in [0, 0.1) is 0 Å². The number of para-hydroxylation sites is 2. The van der Waals surface area contributed by atoms with E-state index in [1.54, 1.807) is 0 Å². The summed E-state index contributed by atoms with van der Waals surface area (Å²) in [6.07, 6.45) is 4.93. The summed E-state index contributed by atoms with van der Waals surface area (Å²) in [6.45, 7) is 0. The molecule has 4 nitrogen and oxygen atoms in total. The lowest BCUT2D eigenvalue weighted by atomic mass is 9.75. The lowest BCUT2D eigenvalue weighted by molar-refractivity contribution is 0.550. The van der Waals surface area contributed by atoms with Gasteiger partial charge < -0.3 is 4.57 Å². The average molecular weight is 608 g/mol. The molecule has 0 N–H and O–H groups in total. The van der Waals surface area contributed by atoms with Crippen LogP contribution in [0.15, 0.2) is 97.1 Å². The summed E-state index contributed by atoms with van der Waals surface area (Å²) in [7, 11) is 0. The molecule has 6 heteroatoms. The van der Waals surface area contributed by atoms with E-state index in [1.165, 1.54) is 92.1 Å². The van der Waals surface area contributed by atoms with Crippen LogP contribution in [0.5, 0.6) is 0 Å². The van der Waals surface area contributed by atoms with Crippen molar-refractivity contribution >= 4 is 45.0 Å². The molecule has 0 unspecified atom stereocenters. The summed E-state index contributed by atoms with van der Waals surface area (Å²) in [5, 5.41) is 2.81. The Labute approximate surface area is 264 Å². The Kier molecular flexibility index (Phi) is 4.97. The second-order valence-corrected chi connectivity index (χ2v) is 12.9. The fourth-order valence-electron chi connectivity index (χ4n) is 8.54. The van der Waals surface area contributed by atoms with Crippen LogP contribution in [0.3, 0.4) is 0 Å². The minimum Gasteiger partial charge on any atom is -0.308 e. The van der Waals surface area contributed by atoms with Crippen molar-refractivity contribution in [2.45, 2.75) is 31.1 Å². The van der Waals surface area contributed by atoms with Gasteiger partial charge in [0, 0.05) is 32.9 Å². The molecular weight excluding hydrogens is 583 g/mol. The van der Waals surface area contributed by atoms with Crippen molar-refractivity contribution in [3.63, 3.8) is 0 Å². The SMILES string of the molecule is Clc1nc(Cl)nc(-c2ccc(-c3ccc4c5c3-c3ccccc3-n3c6ccccc6c6ccc(c-5c63)C43CCCC3)cc2)n1. The van der Waals surface area contributed by atoms with Crippen molar-refractivity contribution in [3.05, 3.63) is 119 Å². The quantitative estimate of drug-likeness (QED) is 0.196. The van der Waals surface area contributed by atoms with Gasteiger partial charge in [-0.05, 0) is 81.6 Å². The molecule has 0 saturated heterocycles. The number of fused-ring (bicyclic) bond motifs is 8. The molecule has 0 bridgehead atoms. The largest absolute Gasteiger partial charge is 0.308 e. The van der Waals surface area contributed by atoms with Gasteiger partial charge in [0.1, 0.15) is 0 Å². The number of nitrogens with zero attached hydrogens (tertiary/aromatic N) is 4. The first-order valence-corrected chi connectivity index (χ1v) is 15.9. The van der Waals surface area contributed by atoms with E-state index in [-0.39, 0.29) is 16.0 Å². The lowest BCUT2D eigenvalue weighted by Gasteiger charge is -2.28. The molecule has 0 amide bonds. The Morgan fingerprint density at radius 2 is 1.25 bits per heavy atom. The summed E-state index contributed by atoms with van der Waals surface area (Å²) in [6, 6.07) is 35.9. The van der Waals surface area contributed by atoms with Crippen LogP contribution in [-0.2, 0) is 5.41 Å². The molecular formula is C38H24Cl2N4. The molecule has 7 aromatic rings. The van der Waals surface area contributed by atoms with Crippen molar-refractivity contribution in [3.8, 4) is 50.5 Å². The second kappa shape index (κ2) is 8.78. The zero-order chi connectivity index (χ0) is 29.2. The highest BCUT2D eigenvalue weighted by Gasteiger charge is 2.48. The Bertz CT molecular complexity index is 2340. The molecule has 1 aliphatic heterocycles. The first-order valence-electron chi connectivity index (χ1n) is 15.1. The predicted molar refractivity (Wildman–Crippen MR) is 179 cm³/mol. The summed E-state index contributed by atoms with van der Waals surface area (Å²) < 4.78 is 2.54. The van der Waals surface area contributed by atoms with Gasteiger partial charge in [0.05, 0.1) is 16.7 Å². The molecule has 44 heavy (non-hydrogen) atoms. The normalized spacial score (nSPS) is 15.3. The van der Waals surface area contributed by atoms with Gasteiger partial charge in [0.25, 0.3) is 0 Å². The fourth-order valence-corrected chi connectivity index (χ4v) is 8.90. The molecule has 2 aliphatic carbocycles. The van der Waals surface area contributed by atoms with Gasteiger partial charge in [-0.1, -0.05) is 97.8 Å². The van der Waals surface area contributed by atoms with Crippen molar-refractivity contribution in [1.82, 2.24) is 19.5 Å². The average Bonchev–Trinajstić information content (AvgIpc) is 3.72. The van der Waals surface area contributed by atoms with Gasteiger partial charge in [-0.25, -0.2) is 0 Å². The molecule has 5 aromatic carbocycles. The van der Waals surface area contributed by atoms with Gasteiger partial charge in [-0.2, -0.15) is 15.0 Å². The molecule has 1 saturated carbocycles. The molecule has 0 atom stereocenters. The molecule has 3 heterocycles. The molecule has 210 valence electrons. The molecule has 10 rings (SSSR count). The number of benzene rings is 5. The third kappa shape index (κ3) is 3.12.